The standard InChI is InChI=1S/C15H27N5S/c1-5-19-6-8-20(9-7-19)10-11-18-13(15(2,3)4)12(21-11)14(16)17/h5-10H2,1-4H3,(H3,16,17). The van der Waals surface area contributed by atoms with E-state index in [1.165, 1.54) is 0 Å². The Balaban J connectivity index is 2.09. The largest absolute Gasteiger partial charge is 0.383 e. The summed E-state index contributed by atoms with van der Waals surface area (Å²) in [5, 5.41) is 8.85. The van der Waals surface area contributed by atoms with Crippen molar-refractivity contribution >= 4 is 17.2 Å². The van der Waals surface area contributed by atoms with E-state index in [-0.39, 0.29) is 11.3 Å². The van der Waals surface area contributed by atoms with Crippen molar-refractivity contribution in [2.45, 2.75) is 39.7 Å². The number of likely N-dealkylation sites (N-methyl/N-ethyl adjacent to an activating group) is 1. The van der Waals surface area contributed by atoms with E-state index in [1.54, 1.807) is 11.3 Å². The molecule has 118 valence electrons. The molecule has 0 spiro atoms. The summed E-state index contributed by atoms with van der Waals surface area (Å²) in [6.07, 6.45) is 0. The number of hydrogen-bond donors (Lipinski definition) is 2. The highest BCUT2D eigenvalue weighted by molar-refractivity contribution is 7.13. The predicted octanol–water partition coefficient (Wildman–Crippen LogP) is 1.86. The molecule has 1 aliphatic rings. The lowest BCUT2D eigenvalue weighted by Gasteiger charge is -2.33. The van der Waals surface area contributed by atoms with E-state index in [9.17, 15) is 0 Å². The molecule has 2 heterocycles. The van der Waals surface area contributed by atoms with Gasteiger partial charge in [-0.15, -0.1) is 11.3 Å². The van der Waals surface area contributed by atoms with E-state index in [4.69, 9.17) is 16.1 Å². The number of nitrogens with one attached hydrogen (secondary N) is 1. The summed E-state index contributed by atoms with van der Waals surface area (Å²) in [5.74, 6) is 0.138. The van der Waals surface area contributed by atoms with Crippen LogP contribution in [0.25, 0.3) is 0 Å². The van der Waals surface area contributed by atoms with Gasteiger partial charge in [0, 0.05) is 31.6 Å². The van der Waals surface area contributed by atoms with Crippen LogP contribution in [0.3, 0.4) is 0 Å². The number of aromatic nitrogens is 1. The first-order valence-electron chi connectivity index (χ1n) is 7.60. The van der Waals surface area contributed by atoms with Crippen LogP contribution in [0.5, 0.6) is 0 Å². The molecule has 1 fully saturated rings. The molecule has 0 radical (unpaired) electrons. The van der Waals surface area contributed by atoms with Gasteiger partial charge in [-0.1, -0.05) is 27.7 Å². The van der Waals surface area contributed by atoms with E-state index >= 15 is 0 Å². The van der Waals surface area contributed by atoms with Crippen LogP contribution in [0.1, 0.15) is 43.3 Å². The zero-order chi connectivity index (χ0) is 15.6. The Hall–Kier alpha value is -0.980. The topological polar surface area (TPSA) is 69.2 Å². The summed E-state index contributed by atoms with van der Waals surface area (Å²) in [4.78, 5) is 10.5. The maximum absolute atomic E-state index is 7.77. The minimum atomic E-state index is -0.0728. The summed E-state index contributed by atoms with van der Waals surface area (Å²) in [6.45, 7) is 15.0. The van der Waals surface area contributed by atoms with Crippen LogP contribution >= 0.6 is 11.3 Å². The summed E-state index contributed by atoms with van der Waals surface area (Å²) in [7, 11) is 0. The normalized spacial score (nSPS) is 18.1. The minimum absolute atomic E-state index is 0.0728. The van der Waals surface area contributed by atoms with E-state index in [1.807, 2.05) is 0 Å². The zero-order valence-electron chi connectivity index (χ0n) is 13.6. The molecule has 0 saturated carbocycles. The molecule has 1 aromatic rings. The van der Waals surface area contributed by atoms with Gasteiger partial charge < -0.3 is 10.6 Å². The molecule has 1 aromatic heterocycles. The molecule has 3 N–H and O–H groups in total. The highest BCUT2D eigenvalue weighted by Gasteiger charge is 2.25. The lowest BCUT2D eigenvalue weighted by Crippen LogP contribution is -2.45. The second-order valence-electron chi connectivity index (χ2n) is 6.66. The van der Waals surface area contributed by atoms with Crippen LogP contribution in [-0.4, -0.2) is 53.3 Å². The number of amidine groups is 1. The maximum atomic E-state index is 7.77. The van der Waals surface area contributed by atoms with Gasteiger partial charge in [0.1, 0.15) is 10.8 Å². The third-order valence-corrected chi connectivity index (χ3v) is 4.97. The van der Waals surface area contributed by atoms with Crippen molar-refractivity contribution in [2.75, 3.05) is 32.7 Å². The number of nitrogens with zero attached hydrogens (tertiary/aromatic N) is 3. The molecular formula is C15H27N5S. The highest BCUT2D eigenvalue weighted by atomic mass is 32.1. The number of nitrogens with two attached hydrogens (primary N) is 1. The van der Waals surface area contributed by atoms with Gasteiger partial charge in [-0.05, 0) is 6.54 Å². The van der Waals surface area contributed by atoms with E-state index < -0.39 is 0 Å². The molecule has 2 rings (SSSR count). The fourth-order valence-corrected chi connectivity index (χ4v) is 3.76. The third kappa shape index (κ3) is 4.02. The van der Waals surface area contributed by atoms with Gasteiger partial charge in [0.15, 0.2) is 0 Å². The van der Waals surface area contributed by atoms with Crippen molar-refractivity contribution < 1.29 is 0 Å². The highest BCUT2D eigenvalue weighted by Crippen LogP contribution is 2.30. The summed E-state index contributed by atoms with van der Waals surface area (Å²) < 4.78 is 0. The Morgan fingerprint density at radius 3 is 2.24 bits per heavy atom. The molecule has 6 heteroatoms. The van der Waals surface area contributed by atoms with Crippen LogP contribution in [0.4, 0.5) is 0 Å². The second-order valence-corrected chi connectivity index (χ2v) is 7.74. The van der Waals surface area contributed by atoms with Crippen molar-refractivity contribution in [3.05, 3.63) is 15.6 Å². The Bertz CT molecular complexity index is 495. The van der Waals surface area contributed by atoms with Gasteiger partial charge >= 0.3 is 0 Å². The molecular weight excluding hydrogens is 282 g/mol. The van der Waals surface area contributed by atoms with Crippen molar-refractivity contribution in [3.63, 3.8) is 0 Å². The fourth-order valence-electron chi connectivity index (χ4n) is 2.58. The Kier molecular flexibility index (Phi) is 5.01. The quantitative estimate of drug-likeness (QED) is 0.658. The maximum Gasteiger partial charge on any atom is 0.135 e. The van der Waals surface area contributed by atoms with Gasteiger partial charge in [-0.25, -0.2) is 4.98 Å². The van der Waals surface area contributed by atoms with Gasteiger partial charge in [0.05, 0.1) is 17.1 Å². The average Bonchev–Trinajstić information content (AvgIpc) is 2.84. The van der Waals surface area contributed by atoms with Crippen molar-refractivity contribution in [2.24, 2.45) is 5.73 Å². The Labute approximate surface area is 131 Å². The molecule has 21 heavy (non-hydrogen) atoms. The number of thiazole rings is 1. The van der Waals surface area contributed by atoms with Gasteiger partial charge in [-0.3, -0.25) is 10.3 Å². The first-order chi connectivity index (χ1) is 9.81. The van der Waals surface area contributed by atoms with Crippen molar-refractivity contribution in [1.82, 2.24) is 14.8 Å². The Morgan fingerprint density at radius 1 is 1.24 bits per heavy atom. The molecule has 0 aliphatic carbocycles. The molecule has 0 bridgehead atoms. The van der Waals surface area contributed by atoms with E-state index in [0.717, 1.165) is 54.8 Å². The second kappa shape index (κ2) is 6.42. The number of hydrogen-bond acceptors (Lipinski definition) is 5. The van der Waals surface area contributed by atoms with Crippen LogP contribution in [0.15, 0.2) is 0 Å². The molecule has 1 saturated heterocycles. The van der Waals surface area contributed by atoms with E-state index in [0.29, 0.717) is 0 Å². The summed E-state index contributed by atoms with van der Waals surface area (Å²) >= 11 is 1.58. The lowest BCUT2D eigenvalue weighted by atomic mass is 9.91. The van der Waals surface area contributed by atoms with Crippen LogP contribution in [0.2, 0.25) is 0 Å². The third-order valence-electron chi connectivity index (χ3n) is 3.90. The SMILES string of the molecule is CCN1CCN(Cc2nc(C(C)(C)C)c(C(=N)N)s2)CC1. The fraction of sp³-hybridized carbons (Fsp3) is 0.733. The predicted molar refractivity (Wildman–Crippen MR) is 89.2 cm³/mol. The zero-order valence-corrected chi connectivity index (χ0v) is 14.4. The van der Waals surface area contributed by atoms with Crippen LogP contribution < -0.4 is 5.73 Å². The minimum Gasteiger partial charge on any atom is -0.383 e. The van der Waals surface area contributed by atoms with Crippen molar-refractivity contribution in [1.29, 1.82) is 5.41 Å². The number of rotatable bonds is 4. The van der Waals surface area contributed by atoms with Gasteiger partial charge in [0.2, 0.25) is 0 Å². The van der Waals surface area contributed by atoms with Crippen molar-refractivity contribution in [3.8, 4) is 0 Å². The first kappa shape index (κ1) is 16.4. The van der Waals surface area contributed by atoms with E-state index in [2.05, 4.69) is 37.5 Å². The summed E-state index contributed by atoms with van der Waals surface area (Å²) in [5.41, 5.74) is 6.62. The Morgan fingerprint density at radius 2 is 1.81 bits per heavy atom. The monoisotopic (exact) mass is 309 g/mol. The first-order valence-corrected chi connectivity index (χ1v) is 8.42. The van der Waals surface area contributed by atoms with Crippen LogP contribution in [0, 0.1) is 5.41 Å². The van der Waals surface area contributed by atoms with Crippen LogP contribution in [-0.2, 0) is 12.0 Å². The molecule has 0 unspecified atom stereocenters. The average molecular weight is 309 g/mol. The number of nitrogen functional groups attached to an aromatic ring is 1. The smallest absolute Gasteiger partial charge is 0.135 e. The van der Waals surface area contributed by atoms with Gasteiger partial charge in [0.25, 0.3) is 0 Å². The molecule has 5 nitrogen and oxygen atoms in total. The molecule has 1 aliphatic heterocycles. The molecule has 0 amide bonds. The number of piperazine rings is 1. The molecule has 0 atom stereocenters. The lowest BCUT2D eigenvalue weighted by molar-refractivity contribution is 0.132. The summed E-state index contributed by atoms with van der Waals surface area (Å²) in [6, 6.07) is 0. The molecule has 0 aromatic carbocycles. The van der Waals surface area contributed by atoms with Gasteiger partial charge in [-0.2, -0.15) is 0 Å².